The molecule has 2 aliphatic rings. The summed E-state index contributed by atoms with van der Waals surface area (Å²) in [7, 11) is 0. The molecule has 0 saturated heterocycles. The van der Waals surface area contributed by atoms with Crippen LogP contribution in [0.3, 0.4) is 0 Å². The highest BCUT2D eigenvalue weighted by molar-refractivity contribution is 9.10. The molecule has 0 aromatic heterocycles. The van der Waals surface area contributed by atoms with Gasteiger partial charge in [0.15, 0.2) is 16.7 Å². The van der Waals surface area contributed by atoms with Crippen LogP contribution in [0.15, 0.2) is 68.7 Å². The van der Waals surface area contributed by atoms with Crippen molar-refractivity contribution in [1.82, 2.24) is 4.90 Å². The number of hydrogen-bond acceptors (Lipinski definition) is 7. The molecule has 0 unspecified atom stereocenters. The number of allylic oxidation sites excluding steroid dienone is 1. The standard InChI is InChI=1S/C25H24BrFN2O4S/c1-4-31-20-13-17(12-18(26)23(20)33-14-16-8-6-7-9-19(16)27)22-21(24(30)32-5-2)15(3)28-25-29(22)10-11-34-25/h6-13,22H,4-5,14H2,1-3H3/t22-/m1/s1. The number of aliphatic imine (C=N–C) groups is 1. The first kappa shape index (κ1) is 24.3. The van der Waals surface area contributed by atoms with Gasteiger partial charge < -0.3 is 19.1 Å². The number of benzene rings is 2. The Balaban J connectivity index is 1.74. The number of halogens is 2. The molecular formula is C25H24BrFN2O4S. The molecule has 1 atom stereocenters. The molecule has 34 heavy (non-hydrogen) atoms. The molecule has 0 amide bonds. The van der Waals surface area contributed by atoms with Crippen LogP contribution >= 0.6 is 27.7 Å². The fraction of sp³-hybridized carbons (Fsp3) is 0.280. The van der Waals surface area contributed by atoms with E-state index < -0.39 is 12.0 Å². The molecule has 0 fully saturated rings. The second-order valence-corrected chi connectivity index (χ2v) is 9.20. The Labute approximate surface area is 210 Å². The third kappa shape index (κ3) is 4.86. The zero-order chi connectivity index (χ0) is 24.2. The summed E-state index contributed by atoms with van der Waals surface area (Å²) in [5, 5.41) is 2.71. The fourth-order valence-corrected chi connectivity index (χ4v) is 5.18. The third-order valence-corrected chi connectivity index (χ3v) is 6.65. The van der Waals surface area contributed by atoms with Gasteiger partial charge in [-0.1, -0.05) is 30.0 Å². The molecule has 0 aliphatic carbocycles. The monoisotopic (exact) mass is 546 g/mol. The molecule has 2 aromatic rings. The maximum Gasteiger partial charge on any atom is 0.338 e. The zero-order valence-electron chi connectivity index (χ0n) is 19.0. The number of thioether (sulfide) groups is 1. The third-order valence-electron chi connectivity index (χ3n) is 5.29. The van der Waals surface area contributed by atoms with Crippen LogP contribution in [-0.4, -0.2) is 29.3 Å². The van der Waals surface area contributed by atoms with Crippen LogP contribution in [-0.2, 0) is 16.1 Å². The van der Waals surface area contributed by atoms with E-state index in [1.54, 1.807) is 25.1 Å². The number of fused-ring (bicyclic) bond motifs is 1. The van der Waals surface area contributed by atoms with Gasteiger partial charge in [0.2, 0.25) is 0 Å². The summed E-state index contributed by atoms with van der Waals surface area (Å²) in [5.41, 5.74) is 2.32. The predicted octanol–water partition coefficient (Wildman–Crippen LogP) is 6.33. The zero-order valence-corrected chi connectivity index (χ0v) is 21.4. The van der Waals surface area contributed by atoms with Crippen molar-refractivity contribution in [1.29, 1.82) is 0 Å². The number of carbonyl (C=O) groups is 1. The Morgan fingerprint density at radius 1 is 1.21 bits per heavy atom. The van der Waals surface area contributed by atoms with Crippen molar-refractivity contribution >= 4 is 38.8 Å². The Hall–Kier alpha value is -2.78. The summed E-state index contributed by atoms with van der Waals surface area (Å²) in [4.78, 5) is 19.5. The van der Waals surface area contributed by atoms with E-state index in [2.05, 4.69) is 20.9 Å². The van der Waals surface area contributed by atoms with Crippen molar-refractivity contribution in [3.63, 3.8) is 0 Å². The molecule has 0 N–H and O–H groups in total. The number of nitrogens with zero attached hydrogens (tertiary/aromatic N) is 2. The van der Waals surface area contributed by atoms with Crippen molar-refractivity contribution in [2.75, 3.05) is 13.2 Å². The van der Waals surface area contributed by atoms with Crippen LogP contribution in [0.1, 0.15) is 37.9 Å². The lowest BCUT2D eigenvalue weighted by atomic mass is 9.94. The molecule has 2 aliphatic heterocycles. The van der Waals surface area contributed by atoms with Gasteiger partial charge in [-0.25, -0.2) is 14.2 Å². The van der Waals surface area contributed by atoms with Crippen LogP contribution in [0.5, 0.6) is 11.5 Å². The molecular weight excluding hydrogens is 523 g/mol. The highest BCUT2D eigenvalue weighted by Crippen LogP contribution is 2.45. The van der Waals surface area contributed by atoms with Crippen molar-refractivity contribution in [3.05, 3.63) is 80.7 Å². The van der Waals surface area contributed by atoms with Crippen molar-refractivity contribution in [3.8, 4) is 11.5 Å². The summed E-state index contributed by atoms with van der Waals surface area (Å²) < 4.78 is 32.0. The first-order valence-electron chi connectivity index (χ1n) is 10.8. The first-order chi connectivity index (χ1) is 16.4. The number of carbonyl (C=O) groups excluding carboxylic acids is 1. The summed E-state index contributed by atoms with van der Waals surface area (Å²) in [6.07, 6.45) is 1.90. The van der Waals surface area contributed by atoms with Gasteiger partial charge in [-0.3, -0.25) is 0 Å². The van der Waals surface area contributed by atoms with Crippen molar-refractivity contribution in [2.24, 2.45) is 4.99 Å². The van der Waals surface area contributed by atoms with Crippen LogP contribution in [0, 0.1) is 5.82 Å². The van der Waals surface area contributed by atoms with Crippen LogP contribution in [0.25, 0.3) is 0 Å². The van der Waals surface area contributed by atoms with E-state index in [0.717, 1.165) is 10.7 Å². The second kappa shape index (κ2) is 10.7. The summed E-state index contributed by atoms with van der Waals surface area (Å²) in [6, 6.07) is 9.76. The van der Waals surface area contributed by atoms with E-state index >= 15 is 0 Å². The minimum absolute atomic E-state index is 0.0452. The normalized spacial score (nSPS) is 16.9. The largest absolute Gasteiger partial charge is 0.490 e. The van der Waals surface area contributed by atoms with Gasteiger partial charge in [-0.05, 0) is 65.9 Å². The van der Waals surface area contributed by atoms with Gasteiger partial charge in [-0.15, -0.1) is 0 Å². The minimum atomic E-state index is -0.450. The van der Waals surface area contributed by atoms with E-state index in [4.69, 9.17) is 14.2 Å². The lowest BCUT2D eigenvalue weighted by Gasteiger charge is -2.33. The maximum atomic E-state index is 14.1. The van der Waals surface area contributed by atoms with E-state index in [0.29, 0.717) is 39.4 Å². The molecule has 4 rings (SSSR count). The van der Waals surface area contributed by atoms with E-state index in [-0.39, 0.29) is 19.0 Å². The molecule has 0 radical (unpaired) electrons. The summed E-state index contributed by atoms with van der Waals surface area (Å²) in [5.74, 6) is 0.208. The number of rotatable bonds is 8. The highest BCUT2D eigenvalue weighted by Gasteiger charge is 2.38. The first-order valence-corrected chi connectivity index (χ1v) is 12.5. The van der Waals surface area contributed by atoms with Crippen LogP contribution < -0.4 is 9.47 Å². The van der Waals surface area contributed by atoms with Gasteiger partial charge in [0.05, 0.1) is 35.0 Å². The van der Waals surface area contributed by atoms with E-state index in [9.17, 15) is 9.18 Å². The van der Waals surface area contributed by atoms with Gasteiger partial charge in [0.25, 0.3) is 0 Å². The SMILES string of the molecule is CCOC(=O)C1=C(C)N=C2SC=CN2[C@@H]1c1cc(Br)c(OCc2ccccc2F)c(OCC)c1. The van der Waals surface area contributed by atoms with E-state index in [1.807, 2.05) is 42.5 Å². The molecule has 0 bridgehead atoms. The maximum absolute atomic E-state index is 14.1. The molecule has 0 saturated carbocycles. The Kier molecular flexibility index (Phi) is 7.63. The number of hydrogen-bond donors (Lipinski definition) is 0. The predicted molar refractivity (Wildman–Crippen MR) is 134 cm³/mol. The Morgan fingerprint density at radius 3 is 2.74 bits per heavy atom. The topological polar surface area (TPSA) is 60.4 Å². The summed E-state index contributed by atoms with van der Waals surface area (Å²) in [6.45, 7) is 6.18. The smallest absolute Gasteiger partial charge is 0.338 e. The van der Waals surface area contributed by atoms with Gasteiger partial charge in [0, 0.05) is 11.8 Å². The number of ether oxygens (including phenoxy) is 3. The van der Waals surface area contributed by atoms with Crippen LogP contribution in [0.2, 0.25) is 0 Å². The Morgan fingerprint density at radius 2 is 2.00 bits per heavy atom. The molecule has 0 spiro atoms. The van der Waals surface area contributed by atoms with Crippen LogP contribution in [0.4, 0.5) is 4.39 Å². The molecule has 2 aromatic carbocycles. The quantitative estimate of drug-likeness (QED) is 0.360. The fourth-order valence-electron chi connectivity index (χ4n) is 3.81. The molecule has 6 nitrogen and oxygen atoms in total. The molecule has 178 valence electrons. The minimum Gasteiger partial charge on any atom is -0.490 e. The Bertz CT molecular complexity index is 1200. The van der Waals surface area contributed by atoms with E-state index in [1.165, 1.54) is 17.8 Å². The molecule has 2 heterocycles. The number of amidine groups is 1. The average Bonchev–Trinajstić information content (AvgIpc) is 3.26. The highest BCUT2D eigenvalue weighted by atomic mass is 79.9. The van der Waals surface area contributed by atoms with Crippen molar-refractivity contribution in [2.45, 2.75) is 33.4 Å². The molecule has 9 heteroatoms. The summed E-state index contributed by atoms with van der Waals surface area (Å²) >= 11 is 5.09. The lowest BCUT2D eigenvalue weighted by molar-refractivity contribution is -0.139. The van der Waals surface area contributed by atoms with Gasteiger partial charge >= 0.3 is 5.97 Å². The van der Waals surface area contributed by atoms with Gasteiger partial charge in [-0.2, -0.15) is 0 Å². The average molecular weight is 547 g/mol. The van der Waals surface area contributed by atoms with Gasteiger partial charge in [0.1, 0.15) is 12.4 Å². The van der Waals surface area contributed by atoms with Crippen molar-refractivity contribution < 1.29 is 23.4 Å². The lowest BCUT2D eigenvalue weighted by Crippen LogP contribution is -2.34. The number of esters is 1. The second-order valence-electron chi connectivity index (χ2n) is 7.47.